The van der Waals surface area contributed by atoms with Crippen LogP contribution < -0.4 is 11.5 Å². The smallest absolute Gasteiger partial charge is 0.237 e. The molecule has 0 aromatic rings. The molecule has 1 saturated heterocycles. The summed E-state index contributed by atoms with van der Waals surface area (Å²) in [4.78, 5) is 13.6. The van der Waals surface area contributed by atoms with Gasteiger partial charge in [0.15, 0.2) is 0 Å². The highest BCUT2D eigenvalue weighted by molar-refractivity contribution is 5.84. The molecule has 80 valence electrons. The number of nitrogens with zero attached hydrogens (tertiary/aromatic N) is 1. The van der Waals surface area contributed by atoms with E-state index in [1.807, 2.05) is 0 Å². The van der Waals surface area contributed by atoms with Crippen molar-refractivity contribution in [3.05, 3.63) is 0 Å². The van der Waals surface area contributed by atoms with E-state index in [2.05, 4.69) is 4.90 Å². The van der Waals surface area contributed by atoms with Gasteiger partial charge in [-0.25, -0.2) is 0 Å². The van der Waals surface area contributed by atoms with Gasteiger partial charge in [-0.15, -0.1) is 0 Å². The van der Waals surface area contributed by atoms with Crippen LogP contribution in [0, 0.1) is 0 Å². The van der Waals surface area contributed by atoms with Crippen LogP contribution in [0.25, 0.3) is 0 Å². The van der Waals surface area contributed by atoms with Gasteiger partial charge >= 0.3 is 0 Å². The lowest BCUT2D eigenvalue weighted by molar-refractivity contribution is -0.123. The van der Waals surface area contributed by atoms with Gasteiger partial charge in [-0.05, 0) is 45.2 Å². The number of carbonyl (C=O) groups is 1. The second-order valence-electron chi connectivity index (χ2n) is 4.66. The highest BCUT2D eigenvalue weighted by Gasteiger charge is 2.42. The van der Waals surface area contributed by atoms with E-state index < -0.39 is 5.54 Å². The monoisotopic (exact) mass is 197 g/mol. The van der Waals surface area contributed by atoms with Crippen molar-refractivity contribution >= 4 is 5.91 Å². The number of hydrogen-bond donors (Lipinski definition) is 2. The Morgan fingerprint density at radius 1 is 1.36 bits per heavy atom. The van der Waals surface area contributed by atoms with Crippen molar-refractivity contribution in [3.8, 4) is 0 Å². The molecule has 4 heteroatoms. The zero-order valence-corrected chi connectivity index (χ0v) is 8.54. The van der Waals surface area contributed by atoms with Crippen molar-refractivity contribution in [2.75, 3.05) is 13.1 Å². The largest absolute Gasteiger partial charge is 0.368 e. The fourth-order valence-electron chi connectivity index (χ4n) is 2.69. The second-order valence-corrected chi connectivity index (χ2v) is 4.66. The molecular weight excluding hydrogens is 178 g/mol. The fraction of sp³-hybridized carbons (Fsp3) is 0.900. The second kappa shape index (κ2) is 3.51. The third-order valence-electron chi connectivity index (χ3n) is 3.67. The van der Waals surface area contributed by atoms with Gasteiger partial charge in [0.2, 0.25) is 5.91 Å². The Bertz CT molecular complexity index is 238. The molecule has 0 bridgehead atoms. The maximum absolute atomic E-state index is 11.2. The molecule has 1 aliphatic heterocycles. The number of carbonyl (C=O) groups excluding carboxylic acids is 1. The predicted molar refractivity (Wildman–Crippen MR) is 54.6 cm³/mol. The van der Waals surface area contributed by atoms with Crippen LogP contribution >= 0.6 is 0 Å². The summed E-state index contributed by atoms with van der Waals surface area (Å²) in [6, 6.07) is 0.495. The number of hydrogen-bond acceptors (Lipinski definition) is 3. The van der Waals surface area contributed by atoms with Crippen LogP contribution in [0.15, 0.2) is 0 Å². The van der Waals surface area contributed by atoms with E-state index in [4.69, 9.17) is 11.5 Å². The molecule has 2 aliphatic rings. The predicted octanol–water partition coefficient (Wildman–Crippen LogP) is -0.183. The lowest BCUT2D eigenvalue weighted by Crippen LogP contribution is -2.51. The van der Waals surface area contributed by atoms with E-state index >= 15 is 0 Å². The normalized spacial score (nSPS) is 39.1. The third-order valence-corrected chi connectivity index (χ3v) is 3.67. The number of rotatable bonds is 2. The van der Waals surface area contributed by atoms with E-state index in [0.717, 1.165) is 19.3 Å². The summed E-state index contributed by atoms with van der Waals surface area (Å²) in [5, 5.41) is 0. The van der Waals surface area contributed by atoms with Crippen molar-refractivity contribution in [1.29, 1.82) is 0 Å². The number of primary amides is 1. The van der Waals surface area contributed by atoms with Crippen molar-refractivity contribution in [1.82, 2.24) is 4.90 Å². The van der Waals surface area contributed by atoms with Crippen molar-refractivity contribution in [2.45, 2.75) is 43.7 Å². The van der Waals surface area contributed by atoms with Gasteiger partial charge in [0.1, 0.15) is 0 Å². The first-order chi connectivity index (χ1) is 6.62. The quantitative estimate of drug-likeness (QED) is 0.645. The number of likely N-dealkylation sites (tertiary alicyclic amines) is 1. The summed E-state index contributed by atoms with van der Waals surface area (Å²) < 4.78 is 0. The Kier molecular flexibility index (Phi) is 2.49. The Morgan fingerprint density at radius 2 is 2.00 bits per heavy atom. The zero-order chi connectivity index (χ0) is 10.2. The van der Waals surface area contributed by atoms with Crippen LogP contribution in [0.3, 0.4) is 0 Å². The molecule has 4 nitrogen and oxygen atoms in total. The van der Waals surface area contributed by atoms with Crippen LogP contribution in [0.4, 0.5) is 0 Å². The van der Waals surface area contributed by atoms with Gasteiger partial charge in [-0.2, -0.15) is 0 Å². The molecule has 1 amide bonds. The lowest BCUT2D eigenvalue weighted by atomic mass is 9.98. The lowest BCUT2D eigenvalue weighted by Gasteiger charge is -2.25. The van der Waals surface area contributed by atoms with Gasteiger partial charge in [0.25, 0.3) is 0 Å². The van der Waals surface area contributed by atoms with Crippen LogP contribution in [0.2, 0.25) is 0 Å². The molecule has 0 aromatic carbocycles. The molecule has 2 rings (SSSR count). The van der Waals surface area contributed by atoms with E-state index in [9.17, 15) is 4.79 Å². The van der Waals surface area contributed by atoms with E-state index in [1.165, 1.54) is 25.9 Å². The molecule has 0 radical (unpaired) electrons. The first-order valence-corrected chi connectivity index (χ1v) is 5.45. The van der Waals surface area contributed by atoms with E-state index in [-0.39, 0.29) is 5.91 Å². The zero-order valence-electron chi connectivity index (χ0n) is 8.54. The molecule has 2 unspecified atom stereocenters. The highest BCUT2D eigenvalue weighted by Crippen LogP contribution is 2.32. The molecule has 4 N–H and O–H groups in total. The Hall–Kier alpha value is -0.610. The average molecular weight is 197 g/mol. The van der Waals surface area contributed by atoms with Crippen LogP contribution in [-0.4, -0.2) is 35.5 Å². The first-order valence-electron chi connectivity index (χ1n) is 5.45. The molecule has 1 heterocycles. The molecule has 0 aromatic heterocycles. The van der Waals surface area contributed by atoms with Crippen LogP contribution in [0.1, 0.15) is 32.1 Å². The summed E-state index contributed by atoms with van der Waals surface area (Å²) in [6.45, 7) is 2.33. The SMILES string of the molecule is NC(=O)C1(N)CCC(N2CCCC2)C1. The standard InChI is InChI=1S/C10H19N3O/c11-9(14)10(12)4-3-8(7-10)13-5-1-2-6-13/h8H,1-7,12H2,(H2,11,14). The number of amides is 1. The van der Waals surface area contributed by atoms with Gasteiger partial charge < -0.3 is 16.4 Å². The van der Waals surface area contributed by atoms with E-state index in [0.29, 0.717) is 6.04 Å². The average Bonchev–Trinajstić information content (AvgIpc) is 2.72. The van der Waals surface area contributed by atoms with Crippen molar-refractivity contribution in [3.63, 3.8) is 0 Å². The van der Waals surface area contributed by atoms with Gasteiger partial charge in [0, 0.05) is 6.04 Å². The van der Waals surface area contributed by atoms with Crippen molar-refractivity contribution in [2.24, 2.45) is 11.5 Å². The molecule has 2 fully saturated rings. The van der Waals surface area contributed by atoms with Crippen LogP contribution in [-0.2, 0) is 4.79 Å². The topological polar surface area (TPSA) is 72.3 Å². The van der Waals surface area contributed by atoms with Gasteiger partial charge in [-0.3, -0.25) is 4.79 Å². The van der Waals surface area contributed by atoms with E-state index in [1.54, 1.807) is 0 Å². The van der Waals surface area contributed by atoms with Crippen LogP contribution in [0.5, 0.6) is 0 Å². The maximum atomic E-state index is 11.2. The Morgan fingerprint density at radius 3 is 2.50 bits per heavy atom. The highest BCUT2D eigenvalue weighted by atomic mass is 16.1. The fourth-order valence-corrected chi connectivity index (χ4v) is 2.69. The minimum absolute atomic E-state index is 0.334. The molecule has 1 aliphatic carbocycles. The number of nitrogens with two attached hydrogens (primary N) is 2. The summed E-state index contributed by atoms with van der Waals surface area (Å²) in [6.07, 6.45) is 5.10. The first kappa shape index (κ1) is 9.93. The molecule has 0 spiro atoms. The molecule has 14 heavy (non-hydrogen) atoms. The summed E-state index contributed by atoms with van der Waals surface area (Å²) in [5.74, 6) is -0.334. The van der Waals surface area contributed by atoms with Gasteiger partial charge in [-0.1, -0.05) is 0 Å². The summed E-state index contributed by atoms with van der Waals surface area (Å²) >= 11 is 0. The Labute approximate surface area is 84.6 Å². The maximum Gasteiger partial charge on any atom is 0.237 e. The molecular formula is C10H19N3O. The summed E-state index contributed by atoms with van der Waals surface area (Å²) in [7, 11) is 0. The molecule has 2 atom stereocenters. The minimum Gasteiger partial charge on any atom is -0.368 e. The Balaban J connectivity index is 1.96. The summed E-state index contributed by atoms with van der Waals surface area (Å²) in [5.41, 5.74) is 10.5. The molecule has 1 saturated carbocycles. The minimum atomic E-state index is -0.729. The van der Waals surface area contributed by atoms with Crippen molar-refractivity contribution < 1.29 is 4.79 Å². The third kappa shape index (κ3) is 1.64. The van der Waals surface area contributed by atoms with Gasteiger partial charge in [0.05, 0.1) is 5.54 Å².